The van der Waals surface area contributed by atoms with Crippen molar-refractivity contribution in [1.29, 1.82) is 0 Å². The highest BCUT2D eigenvalue weighted by Crippen LogP contribution is 2.10. The maximum absolute atomic E-state index is 5.44. The Morgan fingerprint density at radius 3 is 2.39 bits per heavy atom. The highest BCUT2D eigenvalue weighted by Gasteiger charge is 2.13. The van der Waals surface area contributed by atoms with E-state index in [4.69, 9.17) is 5.73 Å². The second kappa shape index (κ2) is 6.69. The van der Waals surface area contributed by atoms with Gasteiger partial charge in [-0.15, -0.1) is 0 Å². The van der Waals surface area contributed by atoms with E-state index in [1.54, 1.807) is 0 Å². The average Bonchev–Trinajstić information content (AvgIpc) is 2.41. The number of nitrogens with zero attached hydrogens (tertiary/aromatic N) is 2. The third-order valence-electron chi connectivity index (χ3n) is 3.43. The summed E-state index contributed by atoms with van der Waals surface area (Å²) in [5.74, 6) is 0. The molecule has 0 spiro atoms. The molecule has 0 saturated carbocycles. The van der Waals surface area contributed by atoms with Crippen LogP contribution in [0, 0.1) is 0 Å². The van der Waals surface area contributed by atoms with E-state index in [9.17, 15) is 0 Å². The van der Waals surface area contributed by atoms with Gasteiger partial charge in [-0.05, 0) is 18.2 Å². The number of hydrogen-bond acceptors (Lipinski definition) is 3. The molecule has 2 N–H and O–H groups in total. The lowest BCUT2D eigenvalue weighted by atomic mass is 10.1. The third kappa shape index (κ3) is 3.95. The predicted molar refractivity (Wildman–Crippen MR) is 77.3 cm³/mol. The van der Waals surface area contributed by atoms with Gasteiger partial charge in [0.1, 0.15) is 0 Å². The minimum absolute atomic E-state index is 0.600. The Bertz CT molecular complexity index is 375. The lowest BCUT2D eigenvalue weighted by Crippen LogP contribution is -2.43. The zero-order chi connectivity index (χ0) is 12.8. The van der Waals surface area contributed by atoms with Crippen molar-refractivity contribution in [2.24, 2.45) is 5.73 Å². The van der Waals surface area contributed by atoms with Gasteiger partial charge in [0.15, 0.2) is 0 Å². The van der Waals surface area contributed by atoms with Gasteiger partial charge in [-0.3, -0.25) is 4.90 Å². The van der Waals surface area contributed by atoms with Crippen LogP contribution in [0.5, 0.6) is 0 Å². The Morgan fingerprint density at radius 2 is 1.78 bits per heavy atom. The largest absolute Gasteiger partial charge is 0.327 e. The number of nitrogens with two attached hydrogens (primary N) is 1. The van der Waals surface area contributed by atoms with E-state index >= 15 is 0 Å². The van der Waals surface area contributed by atoms with Crippen LogP contribution in [0.1, 0.15) is 11.1 Å². The molecule has 1 fully saturated rings. The van der Waals surface area contributed by atoms with E-state index in [0.29, 0.717) is 6.54 Å². The Labute approximate surface area is 110 Å². The number of likely N-dealkylation sites (N-methyl/N-ethyl adjacent to an activating group) is 1. The molecular weight excluding hydrogens is 222 g/mol. The van der Waals surface area contributed by atoms with Crippen LogP contribution >= 0.6 is 0 Å². The lowest BCUT2D eigenvalue weighted by molar-refractivity contribution is 0.148. The first-order valence-electron chi connectivity index (χ1n) is 6.64. The van der Waals surface area contributed by atoms with Crippen LogP contribution in [0.4, 0.5) is 0 Å². The molecule has 1 heterocycles. The van der Waals surface area contributed by atoms with E-state index in [1.807, 2.05) is 6.08 Å². The maximum Gasteiger partial charge on any atom is 0.0234 e. The summed E-state index contributed by atoms with van der Waals surface area (Å²) in [6.45, 7) is 6.36. The summed E-state index contributed by atoms with van der Waals surface area (Å²) >= 11 is 0. The zero-order valence-corrected chi connectivity index (χ0v) is 11.2. The normalized spacial score (nSPS) is 18.6. The van der Waals surface area contributed by atoms with E-state index in [0.717, 1.165) is 6.54 Å². The smallest absolute Gasteiger partial charge is 0.0234 e. The van der Waals surface area contributed by atoms with Crippen molar-refractivity contribution in [3.63, 3.8) is 0 Å². The molecule has 0 unspecified atom stereocenters. The fourth-order valence-corrected chi connectivity index (χ4v) is 2.20. The molecule has 0 amide bonds. The molecule has 0 aliphatic carbocycles. The van der Waals surface area contributed by atoms with Crippen molar-refractivity contribution in [3.05, 3.63) is 41.5 Å². The number of hydrogen-bond donors (Lipinski definition) is 1. The lowest BCUT2D eigenvalue weighted by Gasteiger charge is -2.32. The standard InChI is InChI=1S/C15H23N3/c1-17-9-11-18(12-10-17)13-15-6-4-14(5-7-15)3-2-8-16/h2-7H,8-13,16H2,1H3/b3-2+. The van der Waals surface area contributed by atoms with Gasteiger partial charge >= 0.3 is 0 Å². The van der Waals surface area contributed by atoms with Crippen LogP contribution < -0.4 is 5.73 Å². The second-order valence-electron chi connectivity index (χ2n) is 4.96. The summed E-state index contributed by atoms with van der Waals surface area (Å²) in [6, 6.07) is 8.76. The molecule has 1 aromatic rings. The predicted octanol–water partition coefficient (Wildman–Crippen LogP) is 1.41. The minimum atomic E-state index is 0.600. The van der Waals surface area contributed by atoms with Gasteiger partial charge in [0.05, 0.1) is 0 Å². The van der Waals surface area contributed by atoms with E-state index in [-0.39, 0.29) is 0 Å². The van der Waals surface area contributed by atoms with Gasteiger partial charge in [0.25, 0.3) is 0 Å². The molecule has 3 heteroatoms. The Balaban J connectivity index is 1.88. The fourth-order valence-electron chi connectivity index (χ4n) is 2.20. The Hall–Kier alpha value is -1.16. The Kier molecular flexibility index (Phi) is 4.93. The van der Waals surface area contributed by atoms with E-state index in [1.165, 1.54) is 37.3 Å². The van der Waals surface area contributed by atoms with Gasteiger partial charge in [0, 0.05) is 39.3 Å². The summed E-state index contributed by atoms with van der Waals surface area (Å²) in [5.41, 5.74) is 8.06. The van der Waals surface area contributed by atoms with Crippen LogP contribution in [0.2, 0.25) is 0 Å². The average molecular weight is 245 g/mol. The van der Waals surface area contributed by atoms with E-state index in [2.05, 4.69) is 47.2 Å². The maximum atomic E-state index is 5.44. The van der Waals surface area contributed by atoms with Crippen molar-refractivity contribution >= 4 is 6.08 Å². The van der Waals surface area contributed by atoms with E-state index < -0.39 is 0 Å². The molecule has 18 heavy (non-hydrogen) atoms. The molecule has 0 bridgehead atoms. The van der Waals surface area contributed by atoms with Crippen LogP contribution in [0.15, 0.2) is 30.3 Å². The topological polar surface area (TPSA) is 32.5 Å². The minimum Gasteiger partial charge on any atom is -0.327 e. The first kappa shape index (κ1) is 13.3. The Morgan fingerprint density at radius 1 is 1.11 bits per heavy atom. The molecular formula is C15H23N3. The molecule has 0 radical (unpaired) electrons. The van der Waals surface area contributed by atoms with Crippen molar-refractivity contribution < 1.29 is 0 Å². The van der Waals surface area contributed by atoms with Gasteiger partial charge in [-0.2, -0.15) is 0 Å². The molecule has 0 aromatic heterocycles. The number of piperazine rings is 1. The summed E-state index contributed by atoms with van der Waals surface area (Å²) < 4.78 is 0. The monoisotopic (exact) mass is 245 g/mol. The highest BCUT2D eigenvalue weighted by atomic mass is 15.2. The van der Waals surface area contributed by atoms with Gasteiger partial charge < -0.3 is 10.6 Å². The first-order valence-corrected chi connectivity index (χ1v) is 6.64. The fraction of sp³-hybridized carbons (Fsp3) is 0.467. The van der Waals surface area contributed by atoms with Crippen molar-refractivity contribution in [3.8, 4) is 0 Å². The van der Waals surface area contributed by atoms with Crippen molar-refractivity contribution in [1.82, 2.24) is 9.80 Å². The van der Waals surface area contributed by atoms with Gasteiger partial charge in [-0.1, -0.05) is 36.4 Å². The highest BCUT2D eigenvalue weighted by molar-refractivity contribution is 5.49. The molecule has 1 aliphatic rings. The quantitative estimate of drug-likeness (QED) is 0.870. The molecule has 2 rings (SSSR count). The first-order chi connectivity index (χ1) is 8.78. The van der Waals surface area contributed by atoms with Crippen LogP contribution in [-0.4, -0.2) is 49.6 Å². The molecule has 98 valence electrons. The van der Waals surface area contributed by atoms with Crippen LogP contribution in [-0.2, 0) is 6.54 Å². The summed E-state index contributed by atoms with van der Waals surface area (Å²) in [5, 5.41) is 0. The SMILES string of the molecule is CN1CCN(Cc2ccc(/C=C/CN)cc2)CC1. The molecule has 3 nitrogen and oxygen atoms in total. The van der Waals surface area contributed by atoms with Crippen molar-refractivity contribution in [2.75, 3.05) is 39.8 Å². The molecule has 0 atom stereocenters. The second-order valence-corrected chi connectivity index (χ2v) is 4.96. The number of rotatable bonds is 4. The van der Waals surface area contributed by atoms with Crippen LogP contribution in [0.25, 0.3) is 6.08 Å². The number of benzene rings is 1. The summed E-state index contributed by atoms with van der Waals surface area (Å²) in [4.78, 5) is 4.90. The van der Waals surface area contributed by atoms with Crippen molar-refractivity contribution in [2.45, 2.75) is 6.54 Å². The van der Waals surface area contributed by atoms with Gasteiger partial charge in [-0.25, -0.2) is 0 Å². The third-order valence-corrected chi connectivity index (χ3v) is 3.43. The van der Waals surface area contributed by atoms with Crippen LogP contribution in [0.3, 0.4) is 0 Å². The van der Waals surface area contributed by atoms with Gasteiger partial charge in [0.2, 0.25) is 0 Å². The summed E-state index contributed by atoms with van der Waals surface area (Å²) in [6.07, 6.45) is 4.05. The molecule has 1 aliphatic heterocycles. The zero-order valence-electron chi connectivity index (χ0n) is 11.2. The molecule has 1 saturated heterocycles. The molecule has 1 aromatic carbocycles. The summed E-state index contributed by atoms with van der Waals surface area (Å²) in [7, 11) is 2.19.